The minimum Gasteiger partial charge on any atom is -0.454 e. The van der Waals surface area contributed by atoms with Gasteiger partial charge in [0.1, 0.15) is 0 Å². The SMILES string of the molecule is O=C(COC(=O)c1ccncc1)c1ccc(Cl)cc1. The Morgan fingerprint density at radius 3 is 2.26 bits per heavy atom. The monoisotopic (exact) mass is 275 g/mol. The number of ether oxygens (including phenoxy) is 1. The number of carbonyl (C=O) groups excluding carboxylic acids is 2. The molecule has 0 spiro atoms. The zero-order chi connectivity index (χ0) is 13.7. The first-order valence-electron chi connectivity index (χ1n) is 5.53. The van der Waals surface area contributed by atoms with Gasteiger partial charge in [0, 0.05) is 23.0 Å². The van der Waals surface area contributed by atoms with Crippen LogP contribution in [0.4, 0.5) is 0 Å². The van der Waals surface area contributed by atoms with Crippen molar-refractivity contribution in [3.05, 3.63) is 64.9 Å². The zero-order valence-corrected chi connectivity index (χ0v) is 10.6. The zero-order valence-electron chi connectivity index (χ0n) is 9.88. The maximum atomic E-state index is 11.8. The second-order valence-electron chi connectivity index (χ2n) is 3.74. The highest BCUT2D eigenvalue weighted by Gasteiger charge is 2.11. The standard InChI is InChI=1S/C14H10ClNO3/c15-12-3-1-10(2-4-12)13(17)9-19-14(18)11-5-7-16-8-6-11/h1-8H,9H2. The summed E-state index contributed by atoms with van der Waals surface area (Å²) in [5, 5.41) is 0.547. The van der Waals surface area contributed by atoms with Gasteiger partial charge in [-0.3, -0.25) is 9.78 Å². The van der Waals surface area contributed by atoms with Crippen LogP contribution < -0.4 is 0 Å². The predicted octanol–water partition coefficient (Wildman–Crippen LogP) is 2.77. The van der Waals surface area contributed by atoms with E-state index in [0.29, 0.717) is 16.1 Å². The molecule has 1 aromatic heterocycles. The van der Waals surface area contributed by atoms with Crippen molar-refractivity contribution in [3.8, 4) is 0 Å². The Labute approximate surface area is 115 Å². The first kappa shape index (κ1) is 13.2. The summed E-state index contributed by atoms with van der Waals surface area (Å²) in [6.07, 6.45) is 2.97. The number of Topliss-reactive ketones (excluding diaryl/α,β-unsaturated/α-hetero) is 1. The van der Waals surface area contributed by atoms with E-state index in [1.807, 2.05) is 0 Å². The molecule has 0 amide bonds. The molecule has 0 aliphatic rings. The molecule has 0 fully saturated rings. The Morgan fingerprint density at radius 2 is 1.63 bits per heavy atom. The smallest absolute Gasteiger partial charge is 0.338 e. The maximum absolute atomic E-state index is 11.8. The highest BCUT2D eigenvalue weighted by molar-refractivity contribution is 6.30. The van der Waals surface area contributed by atoms with Gasteiger partial charge in [-0.15, -0.1) is 0 Å². The van der Waals surface area contributed by atoms with E-state index in [1.165, 1.54) is 24.5 Å². The number of carbonyl (C=O) groups is 2. The van der Waals surface area contributed by atoms with Gasteiger partial charge in [0.05, 0.1) is 5.56 Å². The molecule has 0 aliphatic heterocycles. The Morgan fingerprint density at radius 1 is 1.00 bits per heavy atom. The third-order valence-electron chi connectivity index (χ3n) is 2.42. The summed E-state index contributed by atoms with van der Waals surface area (Å²) in [6, 6.07) is 9.44. The highest BCUT2D eigenvalue weighted by atomic mass is 35.5. The van der Waals surface area contributed by atoms with Gasteiger partial charge in [0.15, 0.2) is 12.4 Å². The van der Waals surface area contributed by atoms with Gasteiger partial charge in [-0.2, -0.15) is 0 Å². The van der Waals surface area contributed by atoms with Gasteiger partial charge in [-0.1, -0.05) is 11.6 Å². The molecule has 4 nitrogen and oxygen atoms in total. The fourth-order valence-corrected chi connectivity index (χ4v) is 1.55. The molecule has 0 bridgehead atoms. The van der Waals surface area contributed by atoms with Crippen LogP contribution in [0.15, 0.2) is 48.8 Å². The summed E-state index contributed by atoms with van der Waals surface area (Å²) in [5.74, 6) is -0.830. The number of hydrogen-bond acceptors (Lipinski definition) is 4. The minimum absolute atomic E-state index is 0.279. The van der Waals surface area contributed by atoms with Crippen molar-refractivity contribution in [1.82, 2.24) is 4.98 Å². The number of hydrogen-bond donors (Lipinski definition) is 0. The number of esters is 1. The molecule has 96 valence electrons. The predicted molar refractivity (Wildman–Crippen MR) is 70.3 cm³/mol. The molecule has 2 rings (SSSR count). The summed E-state index contributed by atoms with van der Waals surface area (Å²) < 4.78 is 4.93. The van der Waals surface area contributed by atoms with Crippen LogP contribution in [-0.4, -0.2) is 23.3 Å². The first-order valence-corrected chi connectivity index (χ1v) is 5.90. The van der Waals surface area contributed by atoms with Gasteiger partial charge >= 0.3 is 5.97 Å². The van der Waals surface area contributed by atoms with E-state index in [4.69, 9.17) is 16.3 Å². The molecule has 0 unspecified atom stereocenters. The second kappa shape index (κ2) is 6.11. The van der Waals surface area contributed by atoms with Crippen molar-refractivity contribution in [2.45, 2.75) is 0 Å². The van der Waals surface area contributed by atoms with E-state index in [2.05, 4.69) is 4.98 Å². The van der Waals surface area contributed by atoms with Crippen LogP contribution in [0, 0.1) is 0 Å². The van der Waals surface area contributed by atoms with Crippen LogP contribution in [0.5, 0.6) is 0 Å². The van der Waals surface area contributed by atoms with E-state index in [-0.39, 0.29) is 12.4 Å². The van der Waals surface area contributed by atoms with Gasteiger partial charge < -0.3 is 4.74 Å². The van der Waals surface area contributed by atoms with E-state index in [1.54, 1.807) is 24.3 Å². The summed E-state index contributed by atoms with van der Waals surface area (Å²) in [6.45, 7) is -0.303. The van der Waals surface area contributed by atoms with Crippen molar-refractivity contribution in [2.24, 2.45) is 0 Å². The average Bonchev–Trinajstić information content (AvgIpc) is 2.46. The molecular formula is C14H10ClNO3. The molecule has 0 saturated carbocycles. The van der Waals surface area contributed by atoms with Gasteiger partial charge in [0.25, 0.3) is 0 Å². The average molecular weight is 276 g/mol. The van der Waals surface area contributed by atoms with Gasteiger partial charge in [0.2, 0.25) is 0 Å². The number of benzene rings is 1. The van der Waals surface area contributed by atoms with Crippen LogP contribution in [0.1, 0.15) is 20.7 Å². The molecule has 0 atom stereocenters. The van der Waals surface area contributed by atoms with E-state index >= 15 is 0 Å². The van der Waals surface area contributed by atoms with Crippen molar-refractivity contribution < 1.29 is 14.3 Å². The Balaban J connectivity index is 1.94. The van der Waals surface area contributed by atoms with E-state index < -0.39 is 5.97 Å². The molecule has 19 heavy (non-hydrogen) atoms. The minimum atomic E-state index is -0.551. The molecule has 1 heterocycles. The number of pyridine rings is 1. The van der Waals surface area contributed by atoms with Crippen LogP contribution in [0.25, 0.3) is 0 Å². The third-order valence-corrected chi connectivity index (χ3v) is 2.67. The molecule has 0 saturated heterocycles. The molecule has 5 heteroatoms. The lowest BCUT2D eigenvalue weighted by atomic mass is 10.1. The second-order valence-corrected chi connectivity index (χ2v) is 4.18. The Kier molecular flexibility index (Phi) is 4.26. The molecule has 0 radical (unpaired) electrons. The van der Waals surface area contributed by atoms with Crippen LogP contribution in [-0.2, 0) is 4.74 Å². The summed E-state index contributed by atoms with van der Waals surface area (Å²) >= 11 is 5.72. The molecule has 0 aliphatic carbocycles. The van der Waals surface area contributed by atoms with E-state index in [9.17, 15) is 9.59 Å². The fraction of sp³-hybridized carbons (Fsp3) is 0.0714. The van der Waals surface area contributed by atoms with Gasteiger partial charge in [-0.05, 0) is 36.4 Å². The lowest BCUT2D eigenvalue weighted by Crippen LogP contribution is -2.14. The van der Waals surface area contributed by atoms with Crippen LogP contribution in [0.2, 0.25) is 5.02 Å². The lowest BCUT2D eigenvalue weighted by molar-refractivity contribution is 0.0474. The lowest BCUT2D eigenvalue weighted by Gasteiger charge is -2.04. The molecule has 1 aromatic carbocycles. The Hall–Kier alpha value is -2.20. The highest BCUT2D eigenvalue weighted by Crippen LogP contribution is 2.10. The maximum Gasteiger partial charge on any atom is 0.338 e. The summed E-state index contributed by atoms with van der Waals surface area (Å²) in [7, 11) is 0. The van der Waals surface area contributed by atoms with Gasteiger partial charge in [-0.25, -0.2) is 4.79 Å². The summed E-state index contributed by atoms with van der Waals surface area (Å²) in [4.78, 5) is 27.2. The van der Waals surface area contributed by atoms with Crippen LogP contribution >= 0.6 is 11.6 Å². The quantitative estimate of drug-likeness (QED) is 0.636. The van der Waals surface area contributed by atoms with Crippen molar-refractivity contribution in [3.63, 3.8) is 0 Å². The normalized spacial score (nSPS) is 9.95. The molecular weight excluding hydrogens is 266 g/mol. The largest absolute Gasteiger partial charge is 0.454 e. The van der Waals surface area contributed by atoms with Crippen LogP contribution in [0.3, 0.4) is 0 Å². The fourth-order valence-electron chi connectivity index (χ4n) is 1.42. The number of aromatic nitrogens is 1. The van der Waals surface area contributed by atoms with Crippen molar-refractivity contribution >= 4 is 23.4 Å². The number of ketones is 1. The molecule has 0 N–H and O–H groups in total. The van der Waals surface area contributed by atoms with Crippen molar-refractivity contribution in [2.75, 3.05) is 6.61 Å². The number of nitrogens with zero attached hydrogens (tertiary/aromatic N) is 1. The third kappa shape index (κ3) is 3.63. The topological polar surface area (TPSA) is 56.3 Å². The summed E-state index contributed by atoms with van der Waals surface area (Å²) in [5.41, 5.74) is 0.811. The first-order chi connectivity index (χ1) is 9.16. The Bertz CT molecular complexity index is 581. The number of halogens is 1. The number of rotatable bonds is 4. The van der Waals surface area contributed by atoms with Crippen molar-refractivity contribution in [1.29, 1.82) is 0 Å². The van der Waals surface area contributed by atoms with E-state index in [0.717, 1.165) is 0 Å². The molecule has 2 aromatic rings.